The van der Waals surface area contributed by atoms with Crippen molar-refractivity contribution in [3.8, 4) is 0 Å². The molecular weight excluding hydrogens is 391 g/mol. The molecule has 1 heterocycles. The first-order valence-corrected chi connectivity index (χ1v) is 9.49. The maximum atomic E-state index is 12.9. The lowest BCUT2D eigenvalue weighted by atomic mass is 10.0. The molecule has 0 radical (unpaired) electrons. The number of nitrogens with zero attached hydrogens (tertiary/aromatic N) is 1. The predicted molar refractivity (Wildman–Crippen MR) is 82.9 cm³/mol. The van der Waals surface area contributed by atoms with Gasteiger partial charge in [-0.1, -0.05) is 5.16 Å². The Kier molecular flexibility index (Phi) is 4.58. The average Bonchev–Trinajstić information content (AvgIpc) is 3.23. The van der Waals surface area contributed by atoms with E-state index >= 15 is 0 Å². The molecule has 1 saturated carbocycles. The fraction of sp³-hybridized carbons (Fsp3) is 0.312. The van der Waals surface area contributed by atoms with Gasteiger partial charge in [0, 0.05) is 11.8 Å². The van der Waals surface area contributed by atoms with Gasteiger partial charge in [0.05, 0.1) is 16.0 Å². The quantitative estimate of drug-likeness (QED) is 0.558. The highest BCUT2D eigenvalue weighted by Crippen LogP contribution is 2.33. The van der Waals surface area contributed by atoms with Crippen molar-refractivity contribution in [1.29, 1.82) is 0 Å². The second kappa shape index (κ2) is 6.48. The third-order valence-electron chi connectivity index (χ3n) is 3.76. The van der Waals surface area contributed by atoms with Gasteiger partial charge < -0.3 is 9.26 Å². The molecule has 0 spiro atoms. The molecule has 1 aromatic carbocycles. The van der Waals surface area contributed by atoms with Crippen LogP contribution < -0.4 is 0 Å². The number of hydrogen-bond donors (Lipinski definition) is 0. The van der Waals surface area contributed by atoms with Crippen LogP contribution in [0.5, 0.6) is 0 Å². The lowest BCUT2D eigenvalue weighted by molar-refractivity contribution is -0.137. The highest BCUT2D eigenvalue weighted by atomic mass is 32.2. The molecule has 27 heavy (non-hydrogen) atoms. The van der Waals surface area contributed by atoms with E-state index in [4.69, 9.17) is 4.74 Å². The largest absolute Gasteiger partial charge is 0.458 e. The molecule has 0 unspecified atom stereocenters. The van der Waals surface area contributed by atoms with Gasteiger partial charge in [0.25, 0.3) is 0 Å². The molecule has 1 aromatic heterocycles. The van der Waals surface area contributed by atoms with E-state index in [9.17, 15) is 31.2 Å². The molecule has 1 fully saturated rings. The van der Waals surface area contributed by atoms with Crippen molar-refractivity contribution in [2.24, 2.45) is 0 Å². The van der Waals surface area contributed by atoms with Gasteiger partial charge >= 0.3 is 12.1 Å². The Bertz CT molecular complexity index is 1020. The Morgan fingerprint density at radius 1 is 1.22 bits per heavy atom. The van der Waals surface area contributed by atoms with E-state index in [2.05, 4.69) is 9.68 Å². The molecule has 0 N–H and O–H groups in total. The zero-order valence-corrected chi connectivity index (χ0v) is 14.6. The summed E-state index contributed by atoms with van der Waals surface area (Å²) in [5.41, 5.74) is -2.62. The summed E-state index contributed by atoms with van der Waals surface area (Å²) >= 11 is 0. The van der Waals surface area contributed by atoms with Crippen molar-refractivity contribution in [3.63, 3.8) is 0 Å². The van der Waals surface area contributed by atoms with Crippen LogP contribution in [0.15, 0.2) is 33.9 Å². The van der Waals surface area contributed by atoms with E-state index in [1.54, 1.807) is 0 Å². The van der Waals surface area contributed by atoms with Crippen molar-refractivity contribution in [1.82, 2.24) is 5.16 Å². The number of sulfone groups is 1. The van der Waals surface area contributed by atoms with Crippen molar-refractivity contribution in [2.75, 3.05) is 6.26 Å². The van der Waals surface area contributed by atoms with Crippen LogP contribution in [0.3, 0.4) is 0 Å². The Hall–Kier alpha value is -2.69. The van der Waals surface area contributed by atoms with Crippen LogP contribution in [-0.4, -0.2) is 37.7 Å². The van der Waals surface area contributed by atoms with Crippen LogP contribution in [0.25, 0.3) is 0 Å². The third-order valence-corrected chi connectivity index (χ3v) is 4.90. The van der Waals surface area contributed by atoms with Gasteiger partial charge in [0.1, 0.15) is 12.4 Å². The molecule has 3 rings (SSSR count). The summed E-state index contributed by atoms with van der Waals surface area (Å²) in [5, 5.41) is 3.39. The summed E-state index contributed by atoms with van der Waals surface area (Å²) in [4.78, 5) is 23.9. The number of benzene rings is 1. The van der Waals surface area contributed by atoms with E-state index < -0.39 is 55.0 Å². The van der Waals surface area contributed by atoms with Crippen LogP contribution >= 0.6 is 0 Å². The lowest BCUT2D eigenvalue weighted by Crippen LogP contribution is -2.16. The summed E-state index contributed by atoms with van der Waals surface area (Å²) < 4.78 is 72.2. The number of alkyl halides is 3. The normalized spacial score (nSPS) is 14.8. The van der Waals surface area contributed by atoms with Gasteiger partial charge in [0.2, 0.25) is 5.69 Å². The number of hydrogen-bond acceptors (Lipinski definition) is 7. The SMILES string of the molecule is CS(=O)(=O)c1cc(C(F)(F)F)ccc1C(=O)c1conc1C(=O)OC1CC1. The second-order valence-electron chi connectivity index (χ2n) is 5.99. The van der Waals surface area contributed by atoms with Crippen molar-refractivity contribution >= 4 is 21.6 Å². The maximum Gasteiger partial charge on any atom is 0.416 e. The molecule has 144 valence electrons. The number of carbonyl (C=O) groups is 2. The van der Waals surface area contributed by atoms with E-state index in [1.165, 1.54) is 0 Å². The van der Waals surface area contributed by atoms with Crippen molar-refractivity contribution in [2.45, 2.75) is 30.0 Å². The highest BCUT2D eigenvalue weighted by molar-refractivity contribution is 7.90. The van der Waals surface area contributed by atoms with Gasteiger partial charge in [-0.05, 0) is 31.0 Å². The first-order chi connectivity index (χ1) is 12.5. The molecule has 0 atom stereocenters. The molecule has 1 aliphatic carbocycles. The Labute approximate surface area is 151 Å². The van der Waals surface area contributed by atoms with E-state index in [-0.39, 0.29) is 6.10 Å². The number of aromatic nitrogens is 1. The minimum absolute atomic E-state index is 0.283. The molecule has 7 nitrogen and oxygen atoms in total. The summed E-state index contributed by atoms with van der Waals surface area (Å²) in [6.45, 7) is 0. The zero-order chi connectivity index (χ0) is 20.0. The topological polar surface area (TPSA) is 104 Å². The minimum Gasteiger partial charge on any atom is -0.458 e. The van der Waals surface area contributed by atoms with Crippen molar-refractivity contribution in [3.05, 3.63) is 46.8 Å². The predicted octanol–water partition coefficient (Wildman–Crippen LogP) is 2.65. The number of carbonyl (C=O) groups excluding carboxylic acids is 2. The minimum atomic E-state index is -4.79. The molecule has 0 aliphatic heterocycles. The number of halogens is 3. The van der Waals surface area contributed by atoms with Gasteiger partial charge in [-0.15, -0.1) is 0 Å². The van der Waals surface area contributed by atoms with E-state index in [0.717, 1.165) is 12.3 Å². The van der Waals surface area contributed by atoms with Crippen LogP contribution in [0.1, 0.15) is 44.8 Å². The molecular formula is C16H12F3NO6S. The first kappa shape index (κ1) is 19.1. The second-order valence-corrected chi connectivity index (χ2v) is 7.98. The lowest BCUT2D eigenvalue weighted by Gasteiger charge is -2.11. The summed E-state index contributed by atoms with van der Waals surface area (Å²) in [6, 6.07) is 1.69. The molecule has 11 heteroatoms. The zero-order valence-electron chi connectivity index (χ0n) is 13.7. The summed E-state index contributed by atoms with van der Waals surface area (Å²) in [6.07, 6.45) is -2.24. The first-order valence-electron chi connectivity index (χ1n) is 7.60. The fourth-order valence-corrected chi connectivity index (χ4v) is 3.18. The fourth-order valence-electron chi connectivity index (χ4n) is 2.28. The summed E-state index contributed by atoms with van der Waals surface area (Å²) in [7, 11) is -4.18. The average molecular weight is 403 g/mol. The maximum absolute atomic E-state index is 12.9. The molecule has 0 saturated heterocycles. The number of ether oxygens (including phenoxy) is 1. The van der Waals surface area contributed by atoms with Gasteiger partial charge in [0.15, 0.2) is 15.6 Å². The van der Waals surface area contributed by atoms with Crippen LogP contribution in [-0.2, 0) is 20.8 Å². The molecule has 1 aliphatic rings. The van der Waals surface area contributed by atoms with Gasteiger partial charge in [-0.3, -0.25) is 4.79 Å². The molecule has 0 bridgehead atoms. The highest BCUT2D eigenvalue weighted by Gasteiger charge is 2.35. The summed E-state index contributed by atoms with van der Waals surface area (Å²) in [5.74, 6) is -1.95. The van der Waals surface area contributed by atoms with Crippen LogP contribution in [0.4, 0.5) is 13.2 Å². The van der Waals surface area contributed by atoms with Crippen LogP contribution in [0, 0.1) is 0 Å². The molecule has 0 amide bonds. The number of rotatable bonds is 5. The van der Waals surface area contributed by atoms with E-state index in [1.807, 2.05) is 0 Å². The monoisotopic (exact) mass is 403 g/mol. The van der Waals surface area contributed by atoms with Gasteiger partial charge in [-0.25, -0.2) is 13.2 Å². The standard InChI is InChI=1S/C16H12F3NO6S/c1-27(23,24)12-6-8(16(17,18)19)2-5-10(12)14(21)11-7-25-20-13(11)15(22)26-9-3-4-9/h2,5-7,9H,3-4H2,1H3. The smallest absolute Gasteiger partial charge is 0.416 e. The Morgan fingerprint density at radius 3 is 2.44 bits per heavy atom. The van der Waals surface area contributed by atoms with Crippen molar-refractivity contribution < 1.29 is 40.4 Å². The molecule has 2 aromatic rings. The third kappa shape index (κ3) is 4.02. The Balaban J connectivity index is 2.05. The van der Waals surface area contributed by atoms with Crippen LogP contribution in [0.2, 0.25) is 0 Å². The van der Waals surface area contributed by atoms with Gasteiger partial charge in [-0.2, -0.15) is 13.2 Å². The van der Waals surface area contributed by atoms with E-state index in [0.29, 0.717) is 31.2 Å². The Morgan fingerprint density at radius 2 is 1.89 bits per heavy atom. The number of ketones is 1. The number of esters is 1.